The molecule has 0 aliphatic carbocycles. The lowest BCUT2D eigenvalue weighted by Gasteiger charge is -2.21. The average Bonchev–Trinajstić information content (AvgIpc) is 2.14. The van der Waals surface area contributed by atoms with Gasteiger partial charge < -0.3 is 5.32 Å². The SMILES string of the molecule is CC(=O)Nc1sc(=S)cc(C(C)(C)C)c1C#N. The van der Waals surface area contributed by atoms with Crippen LogP contribution < -0.4 is 5.32 Å². The van der Waals surface area contributed by atoms with Crippen LogP contribution in [-0.2, 0) is 10.2 Å². The van der Waals surface area contributed by atoms with Crippen LogP contribution in [0.2, 0.25) is 0 Å². The fourth-order valence-corrected chi connectivity index (χ4v) is 2.64. The number of anilines is 1. The summed E-state index contributed by atoms with van der Waals surface area (Å²) in [5.41, 5.74) is 1.19. The highest BCUT2D eigenvalue weighted by molar-refractivity contribution is 7.73. The normalized spacial score (nSPS) is 10.8. The highest BCUT2D eigenvalue weighted by atomic mass is 32.1. The minimum absolute atomic E-state index is 0.181. The third-order valence-corrected chi connectivity index (χ3v) is 3.37. The van der Waals surface area contributed by atoms with Crippen molar-refractivity contribution in [1.82, 2.24) is 0 Å². The lowest BCUT2D eigenvalue weighted by molar-refractivity contribution is -0.114. The molecule has 0 unspecified atom stereocenters. The van der Waals surface area contributed by atoms with Crippen LogP contribution in [0.5, 0.6) is 0 Å². The quantitative estimate of drug-likeness (QED) is 0.790. The molecule has 0 atom stereocenters. The molecule has 0 aliphatic rings. The van der Waals surface area contributed by atoms with Crippen molar-refractivity contribution in [3.05, 3.63) is 21.0 Å². The van der Waals surface area contributed by atoms with Crippen LogP contribution in [0.1, 0.15) is 38.8 Å². The van der Waals surface area contributed by atoms with Crippen molar-refractivity contribution in [3.8, 4) is 6.07 Å². The van der Waals surface area contributed by atoms with Crippen molar-refractivity contribution in [2.24, 2.45) is 0 Å². The number of hydrogen-bond acceptors (Lipinski definition) is 4. The number of hydrogen-bond donors (Lipinski definition) is 1. The number of carbonyl (C=O) groups is 1. The Morgan fingerprint density at radius 2 is 2.12 bits per heavy atom. The summed E-state index contributed by atoms with van der Waals surface area (Å²) in [6, 6.07) is 3.99. The van der Waals surface area contributed by atoms with Crippen molar-refractivity contribution in [1.29, 1.82) is 5.26 Å². The maximum atomic E-state index is 11.1. The molecule has 90 valence electrons. The Hall–Kier alpha value is -1.25. The van der Waals surface area contributed by atoms with Crippen molar-refractivity contribution in [2.45, 2.75) is 33.1 Å². The average molecular weight is 266 g/mol. The molecule has 1 rings (SSSR count). The second-order valence-corrected chi connectivity index (χ2v) is 6.48. The van der Waals surface area contributed by atoms with Crippen LogP contribution in [-0.4, -0.2) is 5.91 Å². The minimum atomic E-state index is -0.196. The smallest absolute Gasteiger partial charge is 0.221 e. The molecular formula is C12H14N2OS2. The molecule has 0 spiro atoms. The minimum Gasteiger partial charge on any atom is -0.317 e. The highest BCUT2D eigenvalue weighted by Gasteiger charge is 2.21. The monoisotopic (exact) mass is 266 g/mol. The van der Waals surface area contributed by atoms with Gasteiger partial charge in [-0.05, 0) is 17.0 Å². The fraction of sp³-hybridized carbons (Fsp3) is 0.417. The van der Waals surface area contributed by atoms with E-state index in [1.165, 1.54) is 18.3 Å². The van der Waals surface area contributed by atoms with Crippen LogP contribution in [0.4, 0.5) is 5.00 Å². The van der Waals surface area contributed by atoms with Gasteiger partial charge in [-0.2, -0.15) is 5.26 Å². The summed E-state index contributed by atoms with van der Waals surface area (Å²) in [7, 11) is 0. The molecule has 1 heterocycles. The van der Waals surface area contributed by atoms with E-state index in [-0.39, 0.29) is 11.3 Å². The molecule has 0 aliphatic heterocycles. The number of nitrogens with zero attached hydrogens (tertiary/aromatic N) is 1. The number of nitriles is 1. The standard InChI is InChI=1S/C12H14N2OS2/c1-7(15)14-11-8(6-13)9(12(2,3)4)5-10(16)17-11/h5H,1-4H3,(H,14,15). The number of rotatable bonds is 1. The summed E-state index contributed by atoms with van der Waals surface area (Å²) < 4.78 is 0.665. The van der Waals surface area contributed by atoms with E-state index in [4.69, 9.17) is 12.2 Å². The number of nitrogens with one attached hydrogen (secondary N) is 1. The van der Waals surface area contributed by atoms with E-state index in [9.17, 15) is 10.1 Å². The van der Waals surface area contributed by atoms with Crippen LogP contribution in [0, 0.1) is 15.2 Å². The van der Waals surface area contributed by atoms with Crippen LogP contribution in [0.15, 0.2) is 6.07 Å². The van der Waals surface area contributed by atoms with Gasteiger partial charge >= 0.3 is 0 Å². The molecular weight excluding hydrogens is 252 g/mol. The van der Waals surface area contributed by atoms with Crippen molar-refractivity contribution in [3.63, 3.8) is 0 Å². The topological polar surface area (TPSA) is 52.9 Å². The number of amides is 1. The Labute approximate surface area is 110 Å². The largest absolute Gasteiger partial charge is 0.317 e. The first-order valence-corrected chi connectivity index (χ1v) is 6.34. The van der Waals surface area contributed by atoms with E-state index in [0.29, 0.717) is 14.4 Å². The number of carbonyl (C=O) groups excluding carboxylic acids is 1. The molecule has 1 N–H and O–H groups in total. The van der Waals surface area contributed by atoms with E-state index < -0.39 is 0 Å². The second kappa shape index (κ2) is 4.94. The lowest BCUT2D eigenvalue weighted by Crippen LogP contribution is -2.15. The molecule has 0 aromatic carbocycles. The van der Waals surface area contributed by atoms with E-state index in [1.807, 2.05) is 26.8 Å². The highest BCUT2D eigenvalue weighted by Crippen LogP contribution is 2.33. The Balaban J connectivity index is 3.53. The van der Waals surface area contributed by atoms with Gasteiger partial charge in [0.15, 0.2) is 0 Å². The third-order valence-electron chi connectivity index (χ3n) is 2.17. The first-order valence-electron chi connectivity index (χ1n) is 5.12. The Morgan fingerprint density at radius 1 is 1.53 bits per heavy atom. The summed E-state index contributed by atoms with van der Waals surface area (Å²) in [5, 5.41) is 12.4. The predicted molar refractivity (Wildman–Crippen MR) is 72.9 cm³/mol. The van der Waals surface area contributed by atoms with Gasteiger partial charge in [0.2, 0.25) is 5.91 Å². The lowest BCUT2D eigenvalue weighted by atomic mass is 9.85. The van der Waals surface area contributed by atoms with E-state index in [1.54, 1.807) is 0 Å². The predicted octanol–water partition coefficient (Wildman–Crippen LogP) is 3.61. The van der Waals surface area contributed by atoms with Gasteiger partial charge in [0.1, 0.15) is 11.1 Å². The zero-order chi connectivity index (χ0) is 13.2. The Morgan fingerprint density at radius 3 is 2.53 bits per heavy atom. The molecule has 0 bridgehead atoms. The fourth-order valence-electron chi connectivity index (χ4n) is 1.44. The summed E-state index contributed by atoms with van der Waals surface area (Å²) in [4.78, 5) is 11.1. The van der Waals surface area contributed by atoms with Crippen LogP contribution >= 0.6 is 23.6 Å². The summed E-state index contributed by atoms with van der Waals surface area (Å²) in [6.45, 7) is 7.46. The molecule has 1 aromatic heterocycles. The Bertz CT molecular complexity index is 547. The molecule has 0 saturated carbocycles. The Kier molecular flexibility index (Phi) is 4.02. The van der Waals surface area contributed by atoms with Gasteiger partial charge in [0.25, 0.3) is 0 Å². The summed E-state index contributed by atoms with van der Waals surface area (Å²) >= 11 is 6.42. The van der Waals surface area contributed by atoms with E-state index in [0.717, 1.165) is 5.56 Å². The molecule has 1 aromatic rings. The van der Waals surface area contributed by atoms with Gasteiger partial charge in [-0.3, -0.25) is 4.79 Å². The molecule has 3 nitrogen and oxygen atoms in total. The molecule has 0 radical (unpaired) electrons. The zero-order valence-corrected chi connectivity index (χ0v) is 11.9. The maximum Gasteiger partial charge on any atom is 0.221 e. The molecule has 0 fully saturated rings. The van der Waals surface area contributed by atoms with E-state index >= 15 is 0 Å². The van der Waals surface area contributed by atoms with Gasteiger partial charge in [-0.15, -0.1) is 11.3 Å². The van der Waals surface area contributed by atoms with Crippen molar-refractivity contribution in [2.75, 3.05) is 5.32 Å². The second-order valence-electron chi connectivity index (χ2n) is 4.73. The van der Waals surface area contributed by atoms with Gasteiger partial charge in [0, 0.05) is 6.92 Å². The van der Waals surface area contributed by atoms with Crippen molar-refractivity contribution >= 4 is 34.5 Å². The van der Waals surface area contributed by atoms with Gasteiger partial charge in [-0.25, -0.2) is 0 Å². The molecule has 5 heteroatoms. The third kappa shape index (κ3) is 3.35. The van der Waals surface area contributed by atoms with Crippen molar-refractivity contribution < 1.29 is 4.79 Å². The van der Waals surface area contributed by atoms with Crippen LogP contribution in [0.3, 0.4) is 0 Å². The molecule has 17 heavy (non-hydrogen) atoms. The zero-order valence-electron chi connectivity index (χ0n) is 10.2. The van der Waals surface area contributed by atoms with Crippen LogP contribution in [0.25, 0.3) is 0 Å². The first-order chi connectivity index (χ1) is 7.75. The summed E-state index contributed by atoms with van der Waals surface area (Å²) in [6.07, 6.45) is 0. The first kappa shape index (κ1) is 13.8. The maximum absolute atomic E-state index is 11.1. The van der Waals surface area contributed by atoms with Gasteiger partial charge in [0.05, 0.1) is 9.39 Å². The molecule has 1 amide bonds. The molecule has 0 saturated heterocycles. The van der Waals surface area contributed by atoms with E-state index in [2.05, 4.69) is 11.4 Å². The van der Waals surface area contributed by atoms with Gasteiger partial charge in [-0.1, -0.05) is 33.0 Å². The summed E-state index contributed by atoms with van der Waals surface area (Å²) in [5.74, 6) is -0.196.